The fraction of sp³-hybridized carbons (Fsp3) is 1.00. The summed E-state index contributed by atoms with van der Waals surface area (Å²) >= 11 is 3.65. The summed E-state index contributed by atoms with van der Waals surface area (Å²) in [5.41, 5.74) is 0. The lowest BCUT2D eigenvalue weighted by atomic mass is 12.0. The van der Waals surface area contributed by atoms with Crippen LogP contribution in [0.4, 0.5) is 0 Å². The molecule has 0 saturated heterocycles. The third-order valence-electron chi connectivity index (χ3n) is 0. The molecule has 0 rings (SSSR count). The van der Waals surface area contributed by atoms with Crippen molar-refractivity contribution >= 4 is 37.8 Å². The number of hydrogen-bond acceptors (Lipinski definition) is 3. The Morgan fingerprint density at radius 2 is 1.67 bits per heavy atom. The lowest BCUT2D eigenvalue weighted by molar-refractivity contribution is 0.536. The molecule has 1 N–H and O–H groups in total. The van der Waals surface area contributed by atoms with Crippen LogP contribution in [-0.4, -0.2) is 4.55 Å². The van der Waals surface area contributed by atoms with Gasteiger partial charge in [0.05, 0.1) is 0 Å². The van der Waals surface area contributed by atoms with Crippen LogP contribution in [0.2, 0.25) is 0 Å². The summed E-state index contributed by atoms with van der Waals surface area (Å²) in [6, 6.07) is 0. The first-order valence-corrected chi connectivity index (χ1v) is 2.55. The van der Waals surface area contributed by atoms with Crippen LogP contribution >= 0.6 is 17.0 Å². The molecule has 0 unspecified atom stereocenters. The molecule has 0 spiro atoms. The maximum atomic E-state index is 8.93. The molecule has 0 aromatic rings. The van der Waals surface area contributed by atoms with Crippen LogP contribution in [0.15, 0.2) is 0 Å². The third kappa shape index (κ3) is 106. The molecule has 5 heteroatoms. The van der Waals surface area contributed by atoms with Gasteiger partial charge < -0.3 is 8.76 Å². The van der Waals surface area contributed by atoms with Crippen molar-refractivity contribution in [3.05, 3.63) is 0 Å². The first-order valence-electron chi connectivity index (χ1n) is 0.516. The Bertz CT molecular complexity index is 59.9. The monoisotopic (exact) mass is 193 g/mol. The highest BCUT2D eigenvalue weighted by atomic mass is 79.9. The van der Waals surface area contributed by atoms with Gasteiger partial charge in [-0.15, -0.1) is 17.0 Å². The predicted molar refractivity (Wildman–Crippen MR) is 35.1 cm³/mol. The normalized spacial score (nSPS) is 5.67. The van der Waals surface area contributed by atoms with Crippen molar-refractivity contribution in [1.82, 2.24) is 0 Å². The lowest BCUT2D eigenvalue weighted by Crippen LogP contribution is -1.51. The molecule has 0 aromatic heterocycles. The molecule has 42 valence electrons. The molecule has 0 aliphatic rings. The smallest absolute Gasteiger partial charge is 0.0776 e. The summed E-state index contributed by atoms with van der Waals surface area (Å²) in [6.07, 6.45) is 0. The van der Waals surface area contributed by atoms with Crippen molar-refractivity contribution in [3.63, 3.8) is 0 Å². The summed E-state index contributed by atoms with van der Waals surface area (Å²) in [5, 5.41) is 0. The molecule has 0 radical (unpaired) electrons. The standard InChI is InChI=1S/CH4.BrH.HO2S2/c;;1-4(2)3/h1H4;1H;(H,1,2,3)/q;;-1. The molecule has 0 aliphatic carbocycles. The Morgan fingerprint density at radius 3 is 1.67 bits per heavy atom. The van der Waals surface area contributed by atoms with Gasteiger partial charge in [0.25, 0.3) is 0 Å². The van der Waals surface area contributed by atoms with Crippen molar-refractivity contribution < 1.29 is 8.76 Å². The minimum Gasteiger partial charge on any atom is -0.459 e. The SMILES string of the molecule is Br.C.O=[S-](O)=S. The summed E-state index contributed by atoms with van der Waals surface area (Å²) < 4.78 is 16.3. The van der Waals surface area contributed by atoms with E-state index in [-0.39, 0.29) is 24.4 Å². The van der Waals surface area contributed by atoms with Gasteiger partial charge in [-0.2, -0.15) is 0 Å². The summed E-state index contributed by atoms with van der Waals surface area (Å²) in [6.45, 7) is 0. The Hall–Kier alpha value is 0.810. The summed E-state index contributed by atoms with van der Waals surface area (Å²) in [4.78, 5) is 0. The highest BCUT2D eigenvalue weighted by Gasteiger charge is 1.19. The Morgan fingerprint density at radius 1 is 1.67 bits per heavy atom. The fourth-order valence-corrected chi connectivity index (χ4v) is 0. The van der Waals surface area contributed by atoms with Crippen molar-refractivity contribution in [2.45, 2.75) is 7.43 Å². The second-order valence-corrected chi connectivity index (χ2v) is 1.51. The molecule has 0 aliphatic heterocycles. The van der Waals surface area contributed by atoms with Gasteiger partial charge in [0.1, 0.15) is 0 Å². The topological polar surface area (TPSA) is 37.3 Å². The third-order valence-corrected chi connectivity index (χ3v) is 0. The maximum Gasteiger partial charge on any atom is -0.0776 e. The highest BCUT2D eigenvalue weighted by Crippen LogP contribution is 1.33. The average molecular weight is 194 g/mol. The van der Waals surface area contributed by atoms with E-state index in [1.807, 2.05) is 0 Å². The minimum absolute atomic E-state index is 0. The van der Waals surface area contributed by atoms with Crippen LogP contribution in [0.1, 0.15) is 7.43 Å². The van der Waals surface area contributed by atoms with E-state index in [4.69, 9.17) is 8.76 Å². The second-order valence-electron chi connectivity index (χ2n) is 0.217. The van der Waals surface area contributed by atoms with Gasteiger partial charge in [-0.25, -0.2) is 11.2 Å². The molecule has 0 fully saturated rings. The highest BCUT2D eigenvalue weighted by molar-refractivity contribution is 8.93. The van der Waals surface area contributed by atoms with E-state index >= 15 is 0 Å². The molecule has 0 heterocycles. The molecular formula is CH6BrO2S2-. The molecular weight excluding hydrogens is 188 g/mol. The Kier molecular flexibility index (Phi) is 24.4. The average Bonchev–Trinajstić information content (AvgIpc) is 0.811. The summed E-state index contributed by atoms with van der Waals surface area (Å²) in [5.74, 6) is 0. The Labute approximate surface area is 54.2 Å². The maximum absolute atomic E-state index is 8.93. The first kappa shape index (κ1) is 15.8. The van der Waals surface area contributed by atoms with E-state index in [9.17, 15) is 0 Å². The number of hydrogen-bond donors (Lipinski definition) is 1. The van der Waals surface area contributed by atoms with Gasteiger partial charge in [0, 0.05) is 0 Å². The molecule has 0 aromatic carbocycles. The van der Waals surface area contributed by atoms with Crippen molar-refractivity contribution in [2.75, 3.05) is 0 Å². The van der Waals surface area contributed by atoms with Crippen molar-refractivity contribution in [2.24, 2.45) is 0 Å². The van der Waals surface area contributed by atoms with Crippen LogP contribution in [0.25, 0.3) is 0 Å². The van der Waals surface area contributed by atoms with Gasteiger partial charge in [-0.3, -0.25) is 0 Å². The van der Waals surface area contributed by atoms with Gasteiger partial charge in [0.2, 0.25) is 0 Å². The van der Waals surface area contributed by atoms with Gasteiger partial charge in [-0.05, 0) is 0 Å². The zero-order valence-corrected chi connectivity index (χ0v) is 5.43. The summed E-state index contributed by atoms with van der Waals surface area (Å²) in [7, 11) is -2.03. The van der Waals surface area contributed by atoms with E-state index in [0.29, 0.717) is 0 Å². The first-order chi connectivity index (χ1) is 1.73. The van der Waals surface area contributed by atoms with Crippen LogP contribution in [0, 0.1) is 0 Å². The zero-order chi connectivity index (χ0) is 3.58. The van der Waals surface area contributed by atoms with E-state index in [1.54, 1.807) is 0 Å². The Balaban J connectivity index is -0.0000000450. The van der Waals surface area contributed by atoms with Crippen molar-refractivity contribution in [3.8, 4) is 0 Å². The van der Waals surface area contributed by atoms with Crippen LogP contribution in [0.3, 0.4) is 0 Å². The number of halogens is 1. The molecule has 2 nitrogen and oxygen atoms in total. The largest absolute Gasteiger partial charge is 0.459 e. The zero-order valence-electron chi connectivity index (χ0n) is 2.08. The van der Waals surface area contributed by atoms with E-state index in [2.05, 4.69) is 11.2 Å². The van der Waals surface area contributed by atoms with E-state index in [1.165, 1.54) is 0 Å². The van der Waals surface area contributed by atoms with Crippen LogP contribution < -0.4 is 0 Å². The quantitative estimate of drug-likeness (QED) is 0.463. The van der Waals surface area contributed by atoms with E-state index < -0.39 is 9.64 Å². The molecule has 0 bridgehead atoms. The van der Waals surface area contributed by atoms with Gasteiger partial charge in [-0.1, -0.05) is 17.1 Å². The second kappa shape index (κ2) is 9.26. The minimum atomic E-state index is -2.03. The van der Waals surface area contributed by atoms with Crippen LogP contribution in [-0.2, 0) is 25.0 Å². The van der Waals surface area contributed by atoms with E-state index in [0.717, 1.165) is 0 Å². The molecule has 6 heavy (non-hydrogen) atoms. The van der Waals surface area contributed by atoms with Crippen LogP contribution in [0.5, 0.6) is 0 Å². The molecule has 0 saturated carbocycles. The van der Waals surface area contributed by atoms with Gasteiger partial charge >= 0.3 is 0 Å². The predicted octanol–water partition coefficient (Wildman–Crippen LogP) is 1.10. The molecule has 0 amide bonds. The molecule has 0 atom stereocenters. The fourth-order valence-electron chi connectivity index (χ4n) is 0. The van der Waals surface area contributed by atoms with Gasteiger partial charge in [0.15, 0.2) is 0 Å². The lowest BCUT2D eigenvalue weighted by Gasteiger charge is -1.66. The number of rotatable bonds is 0. The van der Waals surface area contributed by atoms with Crippen molar-refractivity contribution in [1.29, 1.82) is 0 Å².